The van der Waals surface area contributed by atoms with E-state index >= 15 is 0 Å². The molecule has 0 fully saturated rings. The highest BCUT2D eigenvalue weighted by atomic mass is 32.2. The van der Waals surface area contributed by atoms with E-state index in [0.717, 1.165) is 16.5 Å². The fourth-order valence-corrected chi connectivity index (χ4v) is 3.09. The van der Waals surface area contributed by atoms with Crippen molar-refractivity contribution in [3.63, 3.8) is 0 Å². The van der Waals surface area contributed by atoms with Crippen LogP contribution in [0.15, 0.2) is 58.5 Å². The Morgan fingerprint density at radius 1 is 1.12 bits per heavy atom. The Morgan fingerprint density at radius 2 is 1.96 bits per heavy atom. The highest BCUT2D eigenvalue weighted by Gasteiger charge is 2.14. The first-order chi connectivity index (χ1) is 12.7. The van der Waals surface area contributed by atoms with Crippen LogP contribution in [0.4, 0.5) is 4.39 Å². The van der Waals surface area contributed by atoms with Crippen LogP contribution in [0.2, 0.25) is 0 Å². The predicted octanol–water partition coefficient (Wildman–Crippen LogP) is 3.36. The summed E-state index contributed by atoms with van der Waals surface area (Å²) in [4.78, 5) is 8.43. The molecule has 9 heteroatoms. The summed E-state index contributed by atoms with van der Waals surface area (Å²) in [6, 6.07) is 9.73. The van der Waals surface area contributed by atoms with Crippen molar-refractivity contribution in [2.24, 2.45) is 7.05 Å². The minimum atomic E-state index is -0.306. The summed E-state index contributed by atoms with van der Waals surface area (Å²) in [7, 11) is 1.89. The molecule has 7 nitrogen and oxygen atoms in total. The van der Waals surface area contributed by atoms with Gasteiger partial charge < -0.3 is 9.09 Å². The van der Waals surface area contributed by atoms with Crippen molar-refractivity contribution >= 4 is 11.8 Å². The van der Waals surface area contributed by atoms with Gasteiger partial charge in [0.05, 0.1) is 5.75 Å². The van der Waals surface area contributed by atoms with Gasteiger partial charge in [-0.25, -0.2) is 4.39 Å². The number of hydrogen-bond donors (Lipinski definition) is 0. The van der Waals surface area contributed by atoms with Crippen molar-refractivity contribution in [1.29, 1.82) is 0 Å². The van der Waals surface area contributed by atoms with Gasteiger partial charge in [-0.1, -0.05) is 16.9 Å². The quantitative estimate of drug-likeness (QED) is 0.500. The second-order valence-electron chi connectivity index (χ2n) is 5.41. The van der Waals surface area contributed by atoms with Crippen molar-refractivity contribution in [1.82, 2.24) is 29.9 Å². The van der Waals surface area contributed by atoms with Crippen LogP contribution in [0.1, 0.15) is 5.89 Å². The summed E-state index contributed by atoms with van der Waals surface area (Å²) in [5.74, 6) is 1.76. The lowest BCUT2D eigenvalue weighted by Crippen LogP contribution is -1.95. The van der Waals surface area contributed by atoms with E-state index < -0.39 is 0 Å². The third-order valence-electron chi connectivity index (χ3n) is 3.65. The normalized spacial score (nSPS) is 11.0. The Balaban J connectivity index is 1.47. The first kappa shape index (κ1) is 16.4. The molecule has 26 heavy (non-hydrogen) atoms. The summed E-state index contributed by atoms with van der Waals surface area (Å²) in [6.45, 7) is 0. The molecular weight excluding hydrogens is 355 g/mol. The van der Waals surface area contributed by atoms with Gasteiger partial charge in [-0.15, -0.1) is 10.2 Å². The third kappa shape index (κ3) is 3.33. The fraction of sp³-hybridized carbons (Fsp3) is 0.118. The largest absolute Gasteiger partial charge is 0.338 e. The Morgan fingerprint density at radius 3 is 2.73 bits per heavy atom. The molecule has 4 rings (SSSR count). The SMILES string of the molecule is Cn1c(SCc2nc(-c3ccc(F)cc3)no2)nnc1-c1cccnc1. The van der Waals surface area contributed by atoms with Crippen molar-refractivity contribution in [3.05, 3.63) is 60.5 Å². The minimum Gasteiger partial charge on any atom is -0.338 e. The van der Waals surface area contributed by atoms with Crippen LogP contribution in [-0.4, -0.2) is 29.9 Å². The lowest BCUT2D eigenvalue weighted by atomic mass is 10.2. The monoisotopic (exact) mass is 368 g/mol. The molecule has 130 valence electrons. The summed E-state index contributed by atoms with van der Waals surface area (Å²) in [5.41, 5.74) is 1.59. The minimum absolute atomic E-state index is 0.306. The van der Waals surface area contributed by atoms with Crippen molar-refractivity contribution < 1.29 is 8.91 Å². The summed E-state index contributed by atoms with van der Waals surface area (Å²) < 4.78 is 20.1. The lowest BCUT2D eigenvalue weighted by molar-refractivity contribution is 0.391. The van der Waals surface area contributed by atoms with E-state index in [0.29, 0.717) is 23.0 Å². The average Bonchev–Trinajstić information content (AvgIpc) is 3.28. The maximum absolute atomic E-state index is 13.0. The molecular formula is C17H13FN6OS. The molecule has 0 bridgehead atoms. The fourth-order valence-electron chi connectivity index (χ4n) is 2.34. The summed E-state index contributed by atoms with van der Waals surface area (Å²) in [6.07, 6.45) is 3.45. The van der Waals surface area contributed by atoms with E-state index in [1.807, 2.05) is 23.7 Å². The third-order valence-corrected chi connectivity index (χ3v) is 4.65. The lowest BCUT2D eigenvalue weighted by Gasteiger charge is -2.02. The number of halogens is 1. The zero-order valence-corrected chi connectivity index (χ0v) is 14.5. The zero-order valence-electron chi connectivity index (χ0n) is 13.7. The Labute approximate surface area is 152 Å². The van der Waals surface area contributed by atoms with Crippen molar-refractivity contribution in [2.75, 3.05) is 0 Å². The molecule has 0 radical (unpaired) electrons. The van der Waals surface area contributed by atoms with Gasteiger partial charge in [0.1, 0.15) is 5.82 Å². The van der Waals surface area contributed by atoms with E-state index in [-0.39, 0.29) is 5.82 Å². The first-order valence-corrected chi connectivity index (χ1v) is 8.70. The van der Waals surface area contributed by atoms with Gasteiger partial charge in [0.25, 0.3) is 0 Å². The molecule has 3 heterocycles. The molecule has 4 aromatic rings. The van der Waals surface area contributed by atoms with Gasteiger partial charge in [0, 0.05) is 30.6 Å². The van der Waals surface area contributed by atoms with E-state index in [9.17, 15) is 4.39 Å². The molecule has 0 aliphatic carbocycles. The van der Waals surface area contributed by atoms with Crippen LogP contribution >= 0.6 is 11.8 Å². The average molecular weight is 368 g/mol. The molecule has 0 aliphatic heterocycles. The number of benzene rings is 1. The number of hydrogen-bond acceptors (Lipinski definition) is 7. The number of thioether (sulfide) groups is 1. The van der Waals surface area contributed by atoms with Gasteiger partial charge in [-0.2, -0.15) is 4.98 Å². The molecule has 0 amide bonds. The maximum atomic E-state index is 13.0. The molecule has 1 aromatic carbocycles. The van der Waals surface area contributed by atoms with Crippen molar-refractivity contribution in [3.8, 4) is 22.8 Å². The van der Waals surface area contributed by atoms with Crippen LogP contribution in [0, 0.1) is 5.82 Å². The molecule has 0 spiro atoms. The molecule has 0 atom stereocenters. The van der Waals surface area contributed by atoms with E-state index in [1.165, 1.54) is 23.9 Å². The standard InChI is InChI=1S/C17H13FN6OS/c1-24-16(12-3-2-8-19-9-12)21-22-17(24)26-10-14-20-15(23-25-14)11-4-6-13(18)7-5-11/h2-9H,10H2,1H3. The van der Waals surface area contributed by atoms with Crippen LogP contribution < -0.4 is 0 Å². The van der Waals surface area contributed by atoms with E-state index in [1.54, 1.807) is 24.5 Å². The second kappa shape index (κ2) is 7.04. The smallest absolute Gasteiger partial charge is 0.237 e. The van der Waals surface area contributed by atoms with E-state index in [2.05, 4.69) is 25.3 Å². The molecule has 0 saturated carbocycles. The maximum Gasteiger partial charge on any atom is 0.237 e. The number of nitrogens with zero attached hydrogens (tertiary/aromatic N) is 6. The Hall–Kier alpha value is -3.07. The van der Waals surface area contributed by atoms with Gasteiger partial charge in [0.2, 0.25) is 11.7 Å². The molecule has 0 N–H and O–H groups in total. The molecule has 3 aromatic heterocycles. The predicted molar refractivity (Wildman–Crippen MR) is 93.5 cm³/mol. The first-order valence-electron chi connectivity index (χ1n) is 7.72. The van der Waals surface area contributed by atoms with Gasteiger partial charge in [0.15, 0.2) is 11.0 Å². The van der Waals surface area contributed by atoms with Crippen molar-refractivity contribution in [2.45, 2.75) is 10.9 Å². The molecule has 0 saturated heterocycles. The number of pyridine rings is 1. The number of aromatic nitrogens is 6. The molecule has 0 aliphatic rings. The summed E-state index contributed by atoms with van der Waals surface area (Å²) in [5, 5.41) is 13.1. The summed E-state index contributed by atoms with van der Waals surface area (Å²) >= 11 is 1.44. The highest BCUT2D eigenvalue weighted by molar-refractivity contribution is 7.98. The van der Waals surface area contributed by atoms with Crippen LogP contribution in [0.25, 0.3) is 22.8 Å². The van der Waals surface area contributed by atoms with Gasteiger partial charge >= 0.3 is 0 Å². The van der Waals surface area contributed by atoms with Crippen LogP contribution in [0.3, 0.4) is 0 Å². The van der Waals surface area contributed by atoms with Crippen LogP contribution in [0.5, 0.6) is 0 Å². The topological polar surface area (TPSA) is 82.5 Å². The zero-order chi connectivity index (χ0) is 17.9. The Kier molecular flexibility index (Phi) is 4.44. The number of rotatable bonds is 5. The second-order valence-corrected chi connectivity index (χ2v) is 6.36. The Bertz CT molecular complexity index is 1020. The molecule has 0 unspecified atom stereocenters. The van der Waals surface area contributed by atoms with Crippen LogP contribution in [-0.2, 0) is 12.8 Å². The van der Waals surface area contributed by atoms with Gasteiger partial charge in [-0.05, 0) is 36.4 Å². The van der Waals surface area contributed by atoms with Gasteiger partial charge in [-0.3, -0.25) is 4.98 Å². The highest BCUT2D eigenvalue weighted by Crippen LogP contribution is 2.25. The van der Waals surface area contributed by atoms with E-state index in [4.69, 9.17) is 4.52 Å².